The minimum absolute atomic E-state index is 0.227. The molecule has 1 aromatic heterocycles. The predicted molar refractivity (Wildman–Crippen MR) is 83.1 cm³/mol. The van der Waals surface area contributed by atoms with Crippen molar-refractivity contribution in [3.8, 4) is 0 Å². The van der Waals surface area contributed by atoms with E-state index in [4.69, 9.17) is 0 Å². The average molecular weight is 301 g/mol. The second kappa shape index (κ2) is 4.56. The Morgan fingerprint density at radius 1 is 0.955 bits per heavy atom. The molecule has 4 nitrogen and oxygen atoms in total. The fraction of sp³-hybridized carbons (Fsp3) is 0.889. The number of hydrogen-bond acceptors (Lipinski definition) is 3. The van der Waals surface area contributed by atoms with Gasteiger partial charge in [-0.15, -0.1) is 5.10 Å². The third-order valence-corrected chi connectivity index (χ3v) is 7.14. The fourth-order valence-corrected chi connectivity index (χ4v) is 6.45. The van der Waals surface area contributed by atoms with E-state index < -0.39 is 5.60 Å². The van der Waals surface area contributed by atoms with Crippen LogP contribution in [0.4, 0.5) is 0 Å². The van der Waals surface area contributed by atoms with Gasteiger partial charge in [0.1, 0.15) is 11.3 Å². The Labute approximate surface area is 132 Å². The molecular formula is C18H27N3O. The summed E-state index contributed by atoms with van der Waals surface area (Å²) in [7, 11) is 0. The topological polar surface area (TPSA) is 50.9 Å². The first kappa shape index (κ1) is 13.5. The van der Waals surface area contributed by atoms with Crippen molar-refractivity contribution in [2.75, 3.05) is 0 Å². The van der Waals surface area contributed by atoms with Crippen LogP contribution in [-0.2, 0) is 11.1 Å². The summed E-state index contributed by atoms with van der Waals surface area (Å²) in [5.41, 5.74) is 0.354. The van der Waals surface area contributed by atoms with Crippen LogP contribution < -0.4 is 0 Å². The molecule has 0 radical (unpaired) electrons. The first-order valence-corrected chi connectivity index (χ1v) is 9.31. The van der Waals surface area contributed by atoms with Crippen molar-refractivity contribution in [2.45, 2.75) is 81.8 Å². The summed E-state index contributed by atoms with van der Waals surface area (Å²) in [6.07, 6.45) is 15.5. The van der Waals surface area contributed by atoms with Crippen LogP contribution in [0.1, 0.15) is 76.3 Å². The molecule has 0 unspecified atom stereocenters. The minimum Gasteiger partial charge on any atom is -0.383 e. The van der Waals surface area contributed by atoms with Crippen LogP contribution in [0.5, 0.6) is 0 Å². The first-order chi connectivity index (χ1) is 10.7. The van der Waals surface area contributed by atoms with Gasteiger partial charge in [0.15, 0.2) is 0 Å². The Kier molecular flexibility index (Phi) is 2.80. The molecule has 0 amide bonds. The van der Waals surface area contributed by atoms with Gasteiger partial charge in [-0.25, -0.2) is 4.68 Å². The van der Waals surface area contributed by atoms with Crippen molar-refractivity contribution < 1.29 is 5.11 Å². The maximum absolute atomic E-state index is 10.9. The monoisotopic (exact) mass is 301 g/mol. The van der Waals surface area contributed by atoms with Gasteiger partial charge in [0.05, 0.1) is 11.7 Å². The highest BCUT2D eigenvalue weighted by molar-refractivity contribution is 5.12. The van der Waals surface area contributed by atoms with Crippen molar-refractivity contribution in [3.05, 3.63) is 11.9 Å². The third kappa shape index (κ3) is 1.92. The molecule has 0 spiro atoms. The molecule has 0 aromatic carbocycles. The van der Waals surface area contributed by atoms with Crippen LogP contribution in [-0.4, -0.2) is 20.1 Å². The molecule has 0 atom stereocenters. The quantitative estimate of drug-likeness (QED) is 0.911. The van der Waals surface area contributed by atoms with E-state index in [1.807, 2.05) is 0 Å². The summed E-state index contributed by atoms with van der Waals surface area (Å²) in [4.78, 5) is 0. The first-order valence-electron chi connectivity index (χ1n) is 9.31. The van der Waals surface area contributed by atoms with E-state index >= 15 is 0 Å². The number of hydrogen-bond donors (Lipinski definition) is 1. The molecule has 1 aromatic rings. The zero-order valence-corrected chi connectivity index (χ0v) is 13.4. The van der Waals surface area contributed by atoms with Crippen molar-refractivity contribution in [2.24, 2.45) is 17.8 Å². The van der Waals surface area contributed by atoms with Crippen LogP contribution in [0.2, 0.25) is 0 Å². The molecule has 22 heavy (non-hydrogen) atoms. The highest BCUT2D eigenvalue weighted by Gasteiger charge is 2.52. The Hall–Kier alpha value is -0.900. The largest absolute Gasteiger partial charge is 0.383 e. The van der Waals surface area contributed by atoms with Crippen LogP contribution in [0.25, 0.3) is 0 Å². The summed E-state index contributed by atoms with van der Waals surface area (Å²) in [6.45, 7) is 0. The molecule has 5 fully saturated rings. The van der Waals surface area contributed by atoms with Gasteiger partial charge in [0.2, 0.25) is 0 Å². The Morgan fingerprint density at radius 3 is 2.14 bits per heavy atom. The molecule has 120 valence electrons. The van der Waals surface area contributed by atoms with Gasteiger partial charge in [-0.05, 0) is 69.1 Å². The molecule has 0 saturated heterocycles. The highest BCUT2D eigenvalue weighted by atomic mass is 16.3. The maximum Gasteiger partial charge on any atom is 0.114 e. The van der Waals surface area contributed by atoms with Crippen LogP contribution in [0.15, 0.2) is 6.20 Å². The number of rotatable bonds is 2. The molecular weight excluding hydrogens is 274 g/mol. The van der Waals surface area contributed by atoms with E-state index in [-0.39, 0.29) is 5.54 Å². The van der Waals surface area contributed by atoms with E-state index in [1.165, 1.54) is 44.9 Å². The van der Waals surface area contributed by atoms with Crippen LogP contribution >= 0.6 is 0 Å². The molecule has 4 bridgehead atoms. The Balaban J connectivity index is 1.47. The molecule has 5 aliphatic carbocycles. The lowest BCUT2D eigenvalue weighted by Crippen LogP contribution is -2.52. The Morgan fingerprint density at radius 2 is 1.55 bits per heavy atom. The van der Waals surface area contributed by atoms with Gasteiger partial charge in [-0.2, -0.15) is 0 Å². The van der Waals surface area contributed by atoms with Gasteiger partial charge in [0.25, 0.3) is 0 Å². The van der Waals surface area contributed by atoms with Gasteiger partial charge in [-0.1, -0.05) is 24.5 Å². The summed E-state index contributed by atoms with van der Waals surface area (Å²) in [5, 5.41) is 19.9. The van der Waals surface area contributed by atoms with Crippen molar-refractivity contribution in [3.63, 3.8) is 0 Å². The zero-order valence-electron chi connectivity index (χ0n) is 13.4. The maximum atomic E-state index is 10.9. The number of aliphatic hydroxyl groups is 1. The van der Waals surface area contributed by atoms with Crippen molar-refractivity contribution in [1.82, 2.24) is 15.0 Å². The number of nitrogens with zero attached hydrogens (tertiary/aromatic N) is 3. The van der Waals surface area contributed by atoms with E-state index in [1.54, 1.807) is 0 Å². The van der Waals surface area contributed by atoms with E-state index in [0.29, 0.717) is 0 Å². The summed E-state index contributed by atoms with van der Waals surface area (Å²) >= 11 is 0. The van der Waals surface area contributed by atoms with E-state index in [9.17, 15) is 5.11 Å². The molecule has 1 heterocycles. The van der Waals surface area contributed by atoms with Gasteiger partial charge >= 0.3 is 0 Å². The molecule has 0 aliphatic heterocycles. The fourth-order valence-electron chi connectivity index (χ4n) is 6.45. The lowest BCUT2D eigenvalue weighted by Gasteiger charge is -2.56. The standard InChI is InChI=1S/C18H27N3O/c22-18(4-2-1-3-5-18)16-12-21(20-19-16)17-9-13-6-14(10-17)8-15(7-13)11-17/h12-15,22H,1-11H2. The summed E-state index contributed by atoms with van der Waals surface area (Å²) in [5.74, 6) is 2.74. The number of aromatic nitrogens is 3. The lowest BCUT2D eigenvalue weighted by atomic mass is 9.53. The van der Waals surface area contributed by atoms with Crippen LogP contribution in [0, 0.1) is 17.8 Å². The lowest BCUT2D eigenvalue weighted by molar-refractivity contribution is -0.0504. The molecule has 6 rings (SSSR count). The second-order valence-corrected chi connectivity index (χ2v) is 8.78. The van der Waals surface area contributed by atoms with Crippen molar-refractivity contribution >= 4 is 0 Å². The van der Waals surface area contributed by atoms with Crippen molar-refractivity contribution in [1.29, 1.82) is 0 Å². The second-order valence-electron chi connectivity index (χ2n) is 8.78. The van der Waals surface area contributed by atoms with Crippen LogP contribution in [0.3, 0.4) is 0 Å². The summed E-state index contributed by atoms with van der Waals surface area (Å²) in [6, 6.07) is 0. The highest BCUT2D eigenvalue weighted by Crippen LogP contribution is 2.58. The predicted octanol–water partition coefficient (Wildman–Crippen LogP) is 3.36. The van der Waals surface area contributed by atoms with Gasteiger partial charge in [0, 0.05) is 0 Å². The SMILES string of the molecule is OC1(c2cn(C34CC5CC(CC(C5)C3)C4)nn2)CCCCC1. The van der Waals surface area contributed by atoms with E-state index in [0.717, 1.165) is 49.1 Å². The smallest absolute Gasteiger partial charge is 0.114 e. The van der Waals surface area contributed by atoms with Gasteiger partial charge in [-0.3, -0.25) is 0 Å². The van der Waals surface area contributed by atoms with Gasteiger partial charge < -0.3 is 5.11 Å². The summed E-state index contributed by atoms with van der Waals surface area (Å²) < 4.78 is 2.18. The minimum atomic E-state index is -0.710. The average Bonchev–Trinajstić information content (AvgIpc) is 2.98. The zero-order chi connectivity index (χ0) is 14.8. The Bertz CT molecular complexity index is 537. The molecule has 5 saturated carbocycles. The third-order valence-electron chi connectivity index (χ3n) is 7.14. The molecule has 1 N–H and O–H groups in total. The van der Waals surface area contributed by atoms with E-state index in [2.05, 4.69) is 21.2 Å². The molecule has 4 heteroatoms. The molecule has 5 aliphatic rings. The normalized spacial score (nSPS) is 42.7.